The normalized spacial score (nSPS) is 10.9. The highest BCUT2D eigenvalue weighted by molar-refractivity contribution is 5.79. The fraction of sp³-hybridized carbons (Fsp3) is 0.188. The smallest absolute Gasteiger partial charge is 0.165 e. The highest BCUT2D eigenvalue weighted by Gasteiger charge is 2.09. The summed E-state index contributed by atoms with van der Waals surface area (Å²) in [7, 11) is 0. The van der Waals surface area contributed by atoms with Gasteiger partial charge in [0, 0.05) is 5.56 Å². The van der Waals surface area contributed by atoms with Gasteiger partial charge in [0.05, 0.1) is 17.6 Å². The first kappa shape index (κ1) is 12.7. The second-order valence-corrected chi connectivity index (χ2v) is 4.60. The van der Waals surface area contributed by atoms with Gasteiger partial charge < -0.3 is 9.72 Å². The van der Waals surface area contributed by atoms with Gasteiger partial charge in [-0.2, -0.15) is 0 Å². The number of aromatic amines is 1. The topological polar surface area (TPSA) is 37.9 Å². The molecule has 0 radical (unpaired) electrons. The van der Waals surface area contributed by atoms with Crippen molar-refractivity contribution in [2.45, 2.75) is 13.3 Å². The monoisotopic (exact) mass is 270 g/mol. The molecule has 1 aromatic heterocycles. The maximum Gasteiger partial charge on any atom is 0.165 e. The first-order valence-electron chi connectivity index (χ1n) is 6.65. The van der Waals surface area contributed by atoms with Gasteiger partial charge in [0.2, 0.25) is 0 Å². The van der Waals surface area contributed by atoms with E-state index in [0.717, 1.165) is 23.0 Å². The molecule has 0 amide bonds. The van der Waals surface area contributed by atoms with Crippen molar-refractivity contribution in [1.29, 1.82) is 0 Å². The van der Waals surface area contributed by atoms with E-state index in [0.29, 0.717) is 12.4 Å². The molecule has 3 rings (SSSR count). The maximum absolute atomic E-state index is 13.7. The number of nitrogens with zero attached hydrogens (tertiary/aromatic N) is 1. The van der Waals surface area contributed by atoms with Crippen molar-refractivity contribution in [2.24, 2.45) is 0 Å². The molecule has 0 aliphatic carbocycles. The first-order valence-corrected chi connectivity index (χ1v) is 6.65. The number of fused-ring (bicyclic) bond motifs is 1. The van der Waals surface area contributed by atoms with Crippen molar-refractivity contribution in [1.82, 2.24) is 9.97 Å². The molecule has 0 saturated carbocycles. The molecule has 0 aliphatic rings. The van der Waals surface area contributed by atoms with E-state index in [1.54, 1.807) is 12.1 Å². The second kappa shape index (κ2) is 5.33. The van der Waals surface area contributed by atoms with Crippen molar-refractivity contribution >= 4 is 11.0 Å². The van der Waals surface area contributed by atoms with Gasteiger partial charge in [-0.15, -0.1) is 0 Å². The third-order valence-corrected chi connectivity index (χ3v) is 3.06. The Morgan fingerprint density at radius 2 is 2.05 bits per heavy atom. The van der Waals surface area contributed by atoms with Crippen LogP contribution in [0, 0.1) is 5.82 Å². The molecule has 0 unspecified atom stereocenters. The Kier molecular flexibility index (Phi) is 3.37. The van der Waals surface area contributed by atoms with Crippen molar-refractivity contribution in [2.75, 3.05) is 6.61 Å². The molecule has 0 bridgehead atoms. The lowest BCUT2D eigenvalue weighted by molar-refractivity contribution is 0.301. The van der Waals surface area contributed by atoms with Crippen LogP contribution in [0.1, 0.15) is 13.3 Å². The molecule has 0 atom stereocenters. The van der Waals surface area contributed by atoms with Crippen molar-refractivity contribution in [3.63, 3.8) is 0 Å². The molecule has 3 nitrogen and oxygen atoms in total. The van der Waals surface area contributed by atoms with Crippen molar-refractivity contribution < 1.29 is 9.13 Å². The fourth-order valence-electron chi connectivity index (χ4n) is 2.06. The van der Waals surface area contributed by atoms with Gasteiger partial charge in [-0.25, -0.2) is 9.37 Å². The Hall–Kier alpha value is -2.36. The quantitative estimate of drug-likeness (QED) is 0.773. The Morgan fingerprint density at radius 3 is 2.85 bits per heavy atom. The largest absolute Gasteiger partial charge is 0.491 e. The van der Waals surface area contributed by atoms with Gasteiger partial charge >= 0.3 is 0 Å². The number of hydrogen-bond acceptors (Lipinski definition) is 2. The van der Waals surface area contributed by atoms with Gasteiger partial charge in [-0.3, -0.25) is 0 Å². The molecule has 4 heteroatoms. The summed E-state index contributed by atoms with van der Waals surface area (Å²) in [6.45, 7) is 2.49. The highest BCUT2D eigenvalue weighted by Crippen LogP contribution is 2.26. The SMILES string of the molecule is CCCOc1cc(-c2nc3ccccc3[nH]2)ccc1F. The molecule has 0 spiro atoms. The van der Waals surface area contributed by atoms with Crippen molar-refractivity contribution in [3.05, 3.63) is 48.3 Å². The van der Waals surface area contributed by atoms with E-state index in [-0.39, 0.29) is 11.6 Å². The van der Waals surface area contributed by atoms with Crippen LogP contribution in [-0.4, -0.2) is 16.6 Å². The summed E-state index contributed by atoms with van der Waals surface area (Å²) < 4.78 is 19.1. The fourth-order valence-corrected chi connectivity index (χ4v) is 2.06. The number of halogens is 1. The van der Waals surface area contributed by atoms with E-state index in [4.69, 9.17) is 4.74 Å². The third kappa shape index (κ3) is 2.37. The zero-order valence-corrected chi connectivity index (χ0v) is 11.2. The van der Waals surface area contributed by atoms with Gasteiger partial charge in [-0.05, 0) is 36.8 Å². The van der Waals surface area contributed by atoms with Gasteiger partial charge in [0.1, 0.15) is 5.82 Å². The van der Waals surface area contributed by atoms with Crippen LogP contribution in [-0.2, 0) is 0 Å². The maximum atomic E-state index is 13.7. The zero-order chi connectivity index (χ0) is 13.9. The van der Waals surface area contributed by atoms with E-state index in [1.165, 1.54) is 6.07 Å². The second-order valence-electron chi connectivity index (χ2n) is 4.60. The lowest BCUT2D eigenvalue weighted by Crippen LogP contribution is -1.97. The highest BCUT2D eigenvalue weighted by atomic mass is 19.1. The standard InChI is InChI=1S/C16H15FN2O/c1-2-9-20-15-10-11(7-8-12(15)17)16-18-13-5-3-4-6-14(13)19-16/h3-8,10H,2,9H2,1H3,(H,18,19). The lowest BCUT2D eigenvalue weighted by atomic mass is 10.2. The van der Waals surface area contributed by atoms with Crippen LogP contribution in [0.3, 0.4) is 0 Å². The van der Waals surface area contributed by atoms with Crippen LogP contribution < -0.4 is 4.74 Å². The minimum Gasteiger partial charge on any atom is -0.491 e. The molecule has 1 heterocycles. The minimum atomic E-state index is -0.349. The average molecular weight is 270 g/mol. The molecule has 0 fully saturated rings. The van der Waals surface area contributed by atoms with Crippen LogP contribution in [0.25, 0.3) is 22.4 Å². The number of imidazole rings is 1. The van der Waals surface area contributed by atoms with Gasteiger partial charge in [-0.1, -0.05) is 19.1 Å². The first-order chi connectivity index (χ1) is 9.78. The van der Waals surface area contributed by atoms with Crippen LogP contribution >= 0.6 is 0 Å². The molecular weight excluding hydrogens is 255 g/mol. The molecule has 102 valence electrons. The van der Waals surface area contributed by atoms with E-state index < -0.39 is 0 Å². The summed E-state index contributed by atoms with van der Waals surface area (Å²) >= 11 is 0. The van der Waals surface area contributed by atoms with Crippen molar-refractivity contribution in [3.8, 4) is 17.1 Å². The molecule has 0 saturated heterocycles. The minimum absolute atomic E-state index is 0.268. The van der Waals surface area contributed by atoms with E-state index in [2.05, 4.69) is 9.97 Å². The average Bonchev–Trinajstić information content (AvgIpc) is 2.90. The van der Waals surface area contributed by atoms with E-state index in [9.17, 15) is 4.39 Å². The lowest BCUT2D eigenvalue weighted by Gasteiger charge is -2.07. The number of ether oxygens (including phenoxy) is 1. The number of benzene rings is 2. The summed E-state index contributed by atoms with van der Waals surface area (Å²) in [4.78, 5) is 7.73. The number of H-pyrrole nitrogens is 1. The summed E-state index contributed by atoms with van der Waals surface area (Å²) in [5.74, 6) is 0.635. The summed E-state index contributed by atoms with van der Waals surface area (Å²) in [5, 5.41) is 0. The molecule has 20 heavy (non-hydrogen) atoms. The number of rotatable bonds is 4. The Bertz CT molecular complexity index is 703. The third-order valence-electron chi connectivity index (χ3n) is 3.06. The van der Waals surface area contributed by atoms with E-state index >= 15 is 0 Å². The molecule has 0 aliphatic heterocycles. The number of nitrogens with one attached hydrogen (secondary N) is 1. The Balaban J connectivity index is 2.00. The Labute approximate surface area is 116 Å². The van der Waals surface area contributed by atoms with E-state index in [1.807, 2.05) is 31.2 Å². The summed E-state index contributed by atoms with van der Waals surface area (Å²) in [5.41, 5.74) is 2.67. The predicted octanol–water partition coefficient (Wildman–Crippen LogP) is 4.16. The van der Waals surface area contributed by atoms with Crippen LogP contribution in [0.5, 0.6) is 5.75 Å². The summed E-state index contributed by atoms with van der Waals surface area (Å²) in [6.07, 6.45) is 0.842. The number of para-hydroxylation sites is 2. The molecule has 2 aromatic carbocycles. The van der Waals surface area contributed by atoms with Crippen LogP contribution in [0.4, 0.5) is 4.39 Å². The number of hydrogen-bond donors (Lipinski definition) is 1. The van der Waals surface area contributed by atoms with Gasteiger partial charge in [0.15, 0.2) is 11.6 Å². The van der Waals surface area contributed by atoms with Crippen LogP contribution in [0.15, 0.2) is 42.5 Å². The van der Waals surface area contributed by atoms with Crippen LogP contribution in [0.2, 0.25) is 0 Å². The Morgan fingerprint density at radius 1 is 1.20 bits per heavy atom. The molecule has 3 aromatic rings. The van der Waals surface area contributed by atoms with Gasteiger partial charge in [0.25, 0.3) is 0 Å². The zero-order valence-electron chi connectivity index (χ0n) is 11.2. The summed E-state index contributed by atoms with van der Waals surface area (Å²) in [6, 6.07) is 12.6. The molecule has 1 N–H and O–H groups in total. The molecular formula is C16H15FN2O. The number of aromatic nitrogens is 2. The predicted molar refractivity (Wildman–Crippen MR) is 77.3 cm³/mol.